The van der Waals surface area contributed by atoms with Gasteiger partial charge in [0.05, 0.1) is 0 Å². The SMILES string of the molecule is [B]c1cnc2c(Nc3cccc(N(C)C)c3)nccn12. The van der Waals surface area contributed by atoms with Crippen molar-refractivity contribution in [3.8, 4) is 0 Å². The van der Waals surface area contributed by atoms with E-state index in [4.69, 9.17) is 7.85 Å². The smallest absolute Gasteiger partial charge is 0.179 e. The maximum absolute atomic E-state index is 5.84. The number of anilines is 3. The lowest BCUT2D eigenvalue weighted by Gasteiger charge is -2.14. The molecule has 0 aliphatic rings. The Kier molecular flexibility index (Phi) is 3.06. The van der Waals surface area contributed by atoms with E-state index in [0.29, 0.717) is 17.1 Å². The maximum atomic E-state index is 5.84. The van der Waals surface area contributed by atoms with Gasteiger partial charge in [-0.2, -0.15) is 0 Å². The number of nitrogens with zero attached hydrogens (tertiary/aromatic N) is 4. The number of fused-ring (bicyclic) bond motifs is 1. The van der Waals surface area contributed by atoms with Crippen LogP contribution in [0.25, 0.3) is 5.65 Å². The summed E-state index contributed by atoms with van der Waals surface area (Å²) in [6.45, 7) is 0. The molecule has 0 amide bonds. The van der Waals surface area contributed by atoms with E-state index in [9.17, 15) is 0 Å². The number of nitrogens with one attached hydrogen (secondary N) is 1. The van der Waals surface area contributed by atoms with Gasteiger partial charge in [-0.3, -0.25) is 0 Å². The number of benzene rings is 1. The van der Waals surface area contributed by atoms with Crippen LogP contribution in [0.4, 0.5) is 17.2 Å². The molecule has 2 heterocycles. The Morgan fingerprint density at radius 2 is 2.10 bits per heavy atom. The molecule has 6 heteroatoms. The van der Waals surface area contributed by atoms with Crippen LogP contribution < -0.4 is 15.8 Å². The second-order valence-electron chi connectivity index (χ2n) is 4.72. The lowest BCUT2D eigenvalue weighted by Crippen LogP contribution is -2.10. The van der Waals surface area contributed by atoms with Crippen LogP contribution in [0.5, 0.6) is 0 Å². The molecule has 3 aromatic rings. The molecule has 0 fully saturated rings. The standard InChI is InChI=1S/C14H14BN5/c1-19(2)11-5-3-4-10(8-11)18-13-14-17-9-12(15)20(14)7-6-16-13/h3-9H,1-2H3,(H,16,18). The Hall–Kier alpha value is -2.50. The number of imidazole rings is 1. The van der Waals surface area contributed by atoms with Crippen molar-refractivity contribution in [2.45, 2.75) is 0 Å². The zero-order chi connectivity index (χ0) is 14.1. The van der Waals surface area contributed by atoms with Gasteiger partial charge in [-0.15, -0.1) is 0 Å². The normalized spacial score (nSPS) is 10.7. The van der Waals surface area contributed by atoms with Crippen molar-refractivity contribution in [3.05, 3.63) is 42.9 Å². The fraction of sp³-hybridized carbons (Fsp3) is 0.143. The highest BCUT2D eigenvalue weighted by Gasteiger charge is 2.06. The minimum Gasteiger partial charge on any atom is -0.378 e. The lowest BCUT2D eigenvalue weighted by atomic mass is 10.1. The summed E-state index contributed by atoms with van der Waals surface area (Å²) in [5, 5.41) is 3.28. The predicted octanol–water partition coefficient (Wildman–Crippen LogP) is 1.33. The largest absolute Gasteiger partial charge is 0.378 e. The molecule has 98 valence electrons. The third kappa shape index (κ3) is 2.20. The fourth-order valence-electron chi connectivity index (χ4n) is 2.02. The highest BCUT2D eigenvalue weighted by atomic mass is 15.1. The Labute approximate surface area is 118 Å². The van der Waals surface area contributed by atoms with Crippen molar-refractivity contribution < 1.29 is 0 Å². The van der Waals surface area contributed by atoms with Crippen LogP contribution >= 0.6 is 0 Å². The van der Waals surface area contributed by atoms with Gasteiger partial charge in [-0.25, -0.2) is 9.97 Å². The summed E-state index contributed by atoms with van der Waals surface area (Å²) < 4.78 is 1.80. The predicted molar refractivity (Wildman–Crippen MR) is 82.4 cm³/mol. The molecule has 0 atom stereocenters. The zero-order valence-corrected chi connectivity index (χ0v) is 11.4. The van der Waals surface area contributed by atoms with Crippen molar-refractivity contribution >= 4 is 36.3 Å². The zero-order valence-electron chi connectivity index (χ0n) is 11.4. The molecule has 0 spiro atoms. The average molecular weight is 263 g/mol. The van der Waals surface area contributed by atoms with Gasteiger partial charge in [0.15, 0.2) is 11.5 Å². The molecule has 3 rings (SSSR count). The van der Waals surface area contributed by atoms with Gasteiger partial charge in [0.2, 0.25) is 0 Å². The van der Waals surface area contributed by atoms with Crippen molar-refractivity contribution in [1.82, 2.24) is 14.4 Å². The molecular formula is C14H14BN5. The van der Waals surface area contributed by atoms with Gasteiger partial charge in [0, 0.05) is 44.1 Å². The third-order valence-corrected chi connectivity index (χ3v) is 3.08. The molecule has 0 saturated carbocycles. The maximum Gasteiger partial charge on any atom is 0.179 e. The molecule has 0 aliphatic carbocycles. The first-order chi connectivity index (χ1) is 9.65. The Balaban J connectivity index is 1.99. The van der Waals surface area contributed by atoms with Crippen molar-refractivity contribution in [2.75, 3.05) is 24.3 Å². The molecular weight excluding hydrogens is 249 g/mol. The topological polar surface area (TPSA) is 45.5 Å². The first kappa shape index (κ1) is 12.5. The van der Waals surface area contributed by atoms with E-state index in [2.05, 4.69) is 21.4 Å². The number of hydrogen-bond donors (Lipinski definition) is 1. The lowest BCUT2D eigenvalue weighted by molar-refractivity contribution is 1.13. The van der Waals surface area contributed by atoms with Crippen LogP contribution in [-0.2, 0) is 0 Å². The van der Waals surface area contributed by atoms with Crippen LogP contribution in [0.1, 0.15) is 0 Å². The molecule has 2 aromatic heterocycles. The molecule has 0 saturated heterocycles. The van der Waals surface area contributed by atoms with Crippen LogP contribution in [0.3, 0.4) is 0 Å². The molecule has 1 aromatic carbocycles. The van der Waals surface area contributed by atoms with E-state index < -0.39 is 0 Å². The summed E-state index contributed by atoms with van der Waals surface area (Å²) in [5.41, 5.74) is 3.37. The van der Waals surface area contributed by atoms with Crippen molar-refractivity contribution in [1.29, 1.82) is 0 Å². The highest BCUT2D eigenvalue weighted by Crippen LogP contribution is 2.21. The molecule has 0 bridgehead atoms. The van der Waals surface area contributed by atoms with E-state index in [1.54, 1.807) is 23.0 Å². The van der Waals surface area contributed by atoms with Crippen molar-refractivity contribution in [3.63, 3.8) is 0 Å². The number of hydrogen-bond acceptors (Lipinski definition) is 4. The third-order valence-electron chi connectivity index (χ3n) is 3.08. The van der Waals surface area contributed by atoms with Gasteiger partial charge in [0.25, 0.3) is 0 Å². The summed E-state index contributed by atoms with van der Waals surface area (Å²) in [7, 11) is 9.86. The van der Waals surface area contributed by atoms with E-state index in [-0.39, 0.29) is 0 Å². The first-order valence-corrected chi connectivity index (χ1v) is 6.27. The second-order valence-corrected chi connectivity index (χ2v) is 4.72. The first-order valence-electron chi connectivity index (χ1n) is 6.27. The molecule has 20 heavy (non-hydrogen) atoms. The van der Waals surface area contributed by atoms with E-state index in [1.807, 2.05) is 37.2 Å². The van der Waals surface area contributed by atoms with Gasteiger partial charge >= 0.3 is 0 Å². The molecule has 2 radical (unpaired) electrons. The summed E-state index contributed by atoms with van der Waals surface area (Å²) in [4.78, 5) is 10.6. The van der Waals surface area contributed by atoms with Gasteiger partial charge < -0.3 is 14.6 Å². The van der Waals surface area contributed by atoms with Crippen LogP contribution in [0, 0.1) is 0 Å². The Bertz CT molecular complexity index is 750. The van der Waals surface area contributed by atoms with Gasteiger partial charge in [-0.1, -0.05) is 6.07 Å². The summed E-state index contributed by atoms with van der Waals surface area (Å²) in [5.74, 6) is 0.681. The highest BCUT2D eigenvalue weighted by molar-refractivity contribution is 6.31. The van der Waals surface area contributed by atoms with Gasteiger partial charge in [0.1, 0.15) is 7.85 Å². The van der Waals surface area contributed by atoms with E-state index in [1.165, 1.54) is 0 Å². The van der Waals surface area contributed by atoms with Crippen LogP contribution in [0.2, 0.25) is 0 Å². The van der Waals surface area contributed by atoms with Crippen molar-refractivity contribution in [2.24, 2.45) is 0 Å². The average Bonchev–Trinajstić information content (AvgIpc) is 2.82. The Morgan fingerprint density at radius 1 is 1.25 bits per heavy atom. The van der Waals surface area contributed by atoms with Gasteiger partial charge in [-0.05, 0) is 23.8 Å². The second kappa shape index (κ2) is 4.88. The number of aromatic nitrogens is 3. The molecule has 0 unspecified atom stereocenters. The van der Waals surface area contributed by atoms with E-state index >= 15 is 0 Å². The molecule has 0 aliphatic heterocycles. The molecule has 1 N–H and O–H groups in total. The summed E-state index contributed by atoms with van der Waals surface area (Å²) >= 11 is 0. The van der Waals surface area contributed by atoms with Crippen LogP contribution in [0.15, 0.2) is 42.9 Å². The minimum atomic E-state index is 0.590. The minimum absolute atomic E-state index is 0.590. The van der Waals surface area contributed by atoms with Crippen LogP contribution in [-0.4, -0.2) is 36.3 Å². The quantitative estimate of drug-likeness (QED) is 0.724. The van der Waals surface area contributed by atoms with E-state index in [0.717, 1.165) is 11.4 Å². The monoisotopic (exact) mass is 263 g/mol. The Morgan fingerprint density at radius 3 is 2.90 bits per heavy atom. The summed E-state index contributed by atoms with van der Waals surface area (Å²) in [6, 6.07) is 8.09. The summed E-state index contributed by atoms with van der Waals surface area (Å²) in [6.07, 6.45) is 5.11. The molecule has 5 nitrogen and oxygen atoms in total. The fourth-order valence-corrected chi connectivity index (χ4v) is 2.02. The number of rotatable bonds is 3.